The molecule has 2 unspecified atom stereocenters. The summed E-state index contributed by atoms with van der Waals surface area (Å²) in [6, 6.07) is 0. The molecule has 0 saturated carbocycles. The molecule has 3 heterocycles. The van der Waals surface area contributed by atoms with Crippen molar-refractivity contribution in [2.75, 3.05) is 73.1 Å². The third-order valence-electron chi connectivity index (χ3n) is 7.14. The summed E-state index contributed by atoms with van der Waals surface area (Å²) in [5, 5.41) is 0. The number of carbonyl (C=O) groups excluding carboxylic acids is 2. The number of esters is 1. The van der Waals surface area contributed by atoms with Crippen LogP contribution in [0.15, 0.2) is 0 Å². The number of quaternary nitrogens is 1. The number of cyclic esters (lactones) is 1. The van der Waals surface area contributed by atoms with Crippen LogP contribution < -0.4 is 0 Å². The van der Waals surface area contributed by atoms with Crippen molar-refractivity contribution in [2.45, 2.75) is 51.8 Å². The summed E-state index contributed by atoms with van der Waals surface area (Å²) in [6.07, 6.45) is 2.54. The van der Waals surface area contributed by atoms with Crippen LogP contribution in [-0.4, -0.2) is 116 Å². The second-order valence-corrected chi connectivity index (χ2v) is 10.4. The Kier molecular flexibility index (Phi) is 7.43. The molecule has 8 nitrogen and oxygen atoms in total. The Hall–Kier alpha value is -1.22. The first kappa shape index (κ1) is 23.4. The van der Waals surface area contributed by atoms with Gasteiger partial charge in [0.2, 0.25) is 6.23 Å². The van der Waals surface area contributed by atoms with Crippen molar-refractivity contribution in [2.24, 2.45) is 5.92 Å². The zero-order valence-corrected chi connectivity index (χ0v) is 19.6. The molecule has 2 atom stereocenters. The SMILES string of the molecule is COC(=O)CCN1CCN(C2C[N+](C)(CC3CCN(C(C)(C)C)CC3)C(=O)O2)CC1. The van der Waals surface area contributed by atoms with Gasteiger partial charge in [0.15, 0.2) is 0 Å². The van der Waals surface area contributed by atoms with E-state index >= 15 is 0 Å². The molecule has 0 aromatic rings. The molecule has 3 aliphatic heterocycles. The van der Waals surface area contributed by atoms with Crippen LogP contribution in [0.4, 0.5) is 4.79 Å². The molecule has 0 bridgehead atoms. The second kappa shape index (κ2) is 9.51. The zero-order chi connectivity index (χ0) is 21.9. The van der Waals surface area contributed by atoms with Gasteiger partial charge in [0.05, 0.1) is 27.1 Å². The van der Waals surface area contributed by atoms with E-state index in [4.69, 9.17) is 9.47 Å². The molecule has 3 fully saturated rings. The molecule has 8 heteroatoms. The molecule has 172 valence electrons. The lowest BCUT2D eigenvalue weighted by Gasteiger charge is -2.41. The maximum Gasteiger partial charge on any atom is 0.517 e. The second-order valence-electron chi connectivity index (χ2n) is 10.4. The Morgan fingerprint density at radius 3 is 2.33 bits per heavy atom. The molecule has 3 saturated heterocycles. The number of rotatable bonds is 6. The zero-order valence-electron chi connectivity index (χ0n) is 19.6. The maximum absolute atomic E-state index is 12.8. The number of likely N-dealkylation sites (N-methyl/N-ethyl adjacent to an activating group) is 1. The molecule has 0 aromatic carbocycles. The van der Waals surface area contributed by atoms with Gasteiger partial charge in [-0.25, -0.2) is 4.48 Å². The summed E-state index contributed by atoms with van der Waals surface area (Å²) in [7, 11) is 3.48. The maximum atomic E-state index is 12.8. The average Bonchev–Trinajstić information content (AvgIpc) is 3.00. The van der Waals surface area contributed by atoms with Crippen LogP contribution in [0.5, 0.6) is 0 Å². The van der Waals surface area contributed by atoms with Crippen molar-refractivity contribution >= 4 is 12.1 Å². The Labute approximate surface area is 181 Å². The van der Waals surface area contributed by atoms with E-state index in [1.54, 1.807) is 0 Å². The van der Waals surface area contributed by atoms with E-state index in [9.17, 15) is 9.59 Å². The van der Waals surface area contributed by atoms with Crippen LogP contribution in [0.3, 0.4) is 0 Å². The standard InChI is InChI=1S/C22H41N4O4/c1-22(2,3)25-10-6-18(7-11-25)16-26(4)17-19(30-21(26)28)24-14-12-23(13-15-24)9-8-20(27)29-5/h18-19H,6-17H2,1-5H3/q+1. The van der Waals surface area contributed by atoms with Gasteiger partial charge in [-0.2, -0.15) is 4.79 Å². The third-order valence-corrected chi connectivity index (χ3v) is 7.14. The lowest BCUT2D eigenvalue weighted by atomic mass is 9.92. The van der Waals surface area contributed by atoms with Crippen LogP contribution in [0.25, 0.3) is 0 Å². The number of amides is 1. The van der Waals surface area contributed by atoms with Crippen LogP contribution >= 0.6 is 0 Å². The molecule has 0 aromatic heterocycles. The fourth-order valence-corrected chi connectivity index (χ4v) is 5.02. The largest absolute Gasteiger partial charge is 0.517 e. The van der Waals surface area contributed by atoms with Gasteiger partial charge >= 0.3 is 12.1 Å². The molecule has 3 rings (SSSR count). The van der Waals surface area contributed by atoms with Crippen molar-refractivity contribution in [1.82, 2.24) is 14.7 Å². The highest BCUT2D eigenvalue weighted by molar-refractivity contribution is 5.69. The van der Waals surface area contributed by atoms with Gasteiger partial charge in [0.1, 0.15) is 6.54 Å². The minimum absolute atomic E-state index is 0.0774. The van der Waals surface area contributed by atoms with Gasteiger partial charge in [-0.05, 0) is 46.7 Å². The van der Waals surface area contributed by atoms with Gasteiger partial charge in [0, 0.05) is 44.2 Å². The lowest BCUT2D eigenvalue weighted by molar-refractivity contribution is -0.828. The number of ether oxygens (including phenoxy) is 2. The van der Waals surface area contributed by atoms with Gasteiger partial charge < -0.3 is 14.4 Å². The summed E-state index contributed by atoms with van der Waals surface area (Å²) >= 11 is 0. The van der Waals surface area contributed by atoms with Crippen molar-refractivity contribution in [3.8, 4) is 0 Å². The van der Waals surface area contributed by atoms with Gasteiger partial charge in [-0.1, -0.05) is 0 Å². The van der Waals surface area contributed by atoms with Crippen LogP contribution in [0, 0.1) is 5.92 Å². The Bertz CT molecular complexity index is 607. The van der Waals surface area contributed by atoms with Crippen LogP contribution in [-0.2, 0) is 14.3 Å². The van der Waals surface area contributed by atoms with E-state index < -0.39 is 0 Å². The fraction of sp³-hybridized carbons (Fsp3) is 0.909. The number of methoxy groups -OCH3 is 1. The Morgan fingerprint density at radius 2 is 1.77 bits per heavy atom. The molecule has 0 aliphatic carbocycles. The third kappa shape index (κ3) is 5.72. The molecular weight excluding hydrogens is 384 g/mol. The summed E-state index contributed by atoms with van der Waals surface area (Å²) in [4.78, 5) is 31.2. The van der Waals surface area contributed by atoms with E-state index in [0.29, 0.717) is 16.8 Å². The van der Waals surface area contributed by atoms with Crippen LogP contribution in [0.2, 0.25) is 0 Å². The smallest absolute Gasteiger partial charge is 0.469 e. The lowest BCUT2D eigenvalue weighted by Crippen LogP contribution is -2.55. The van der Waals surface area contributed by atoms with Crippen molar-refractivity contribution in [3.63, 3.8) is 0 Å². The first-order valence-corrected chi connectivity index (χ1v) is 11.4. The number of piperidine rings is 1. The fourth-order valence-electron chi connectivity index (χ4n) is 5.02. The number of piperazine rings is 1. The van der Waals surface area contributed by atoms with E-state index in [1.807, 2.05) is 7.05 Å². The predicted octanol–water partition coefficient (Wildman–Crippen LogP) is 1.60. The number of hydrogen-bond acceptors (Lipinski definition) is 7. The van der Waals surface area contributed by atoms with Crippen LogP contribution in [0.1, 0.15) is 40.0 Å². The van der Waals surface area contributed by atoms with Gasteiger partial charge in [-0.15, -0.1) is 0 Å². The monoisotopic (exact) mass is 425 g/mol. The molecule has 30 heavy (non-hydrogen) atoms. The summed E-state index contributed by atoms with van der Waals surface area (Å²) in [6.45, 7) is 14.9. The van der Waals surface area contributed by atoms with Crippen molar-refractivity contribution < 1.29 is 23.5 Å². The minimum Gasteiger partial charge on any atom is -0.469 e. The predicted molar refractivity (Wildman–Crippen MR) is 115 cm³/mol. The normalized spacial score (nSPS) is 30.4. The first-order chi connectivity index (χ1) is 14.1. The van der Waals surface area contributed by atoms with E-state index in [2.05, 4.69) is 35.5 Å². The van der Waals surface area contributed by atoms with Gasteiger partial charge in [-0.3, -0.25) is 14.6 Å². The van der Waals surface area contributed by atoms with Crippen molar-refractivity contribution in [3.05, 3.63) is 0 Å². The molecular formula is C22H41N4O4+. The van der Waals surface area contributed by atoms with Crippen molar-refractivity contribution in [1.29, 1.82) is 0 Å². The number of hydrogen-bond donors (Lipinski definition) is 0. The van der Waals surface area contributed by atoms with Gasteiger partial charge in [0.25, 0.3) is 0 Å². The molecule has 0 radical (unpaired) electrons. The molecule has 0 N–H and O–H groups in total. The summed E-state index contributed by atoms with van der Waals surface area (Å²) in [5.41, 5.74) is 0.222. The molecule has 1 amide bonds. The highest BCUT2D eigenvalue weighted by Gasteiger charge is 2.49. The Morgan fingerprint density at radius 1 is 1.13 bits per heavy atom. The highest BCUT2D eigenvalue weighted by Crippen LogP contribution is 2.29. The first-order valence-electron chi connectivity index (χ1n) is 11.4. The number of carbonyl (C=O) groups is 2. The Balaban J connectivity index is 1.45. The number of likely N-dealkylation sites (tertiary alicyclic amines) is 1. The van der Waals surface area contributed by atoms with E-state index in [-0.39, 0.29) is 23.8 Å². The summed E-state index contributed by atoms with van der Waals surface area (Å²) in [5.74, 6) is 0.415. The number of nitrogens with zero attached hydrogens (tertiary/aromatic N) is 4. The minimum atomic E-state index is -0.163. The molecule has 3 aliphatic rings. The van der Waals surface area contributed by atoms with E-state index in [0.717, 1.165) is 71.7 Å². The topological polar surface area (TPSA) is 62.3 Å². The summed E-state index contributed by atoms with van der Waals surface area (Å²) < 4.78 is 11.0. The highest BCUT2D eigenvalue weighted by atomic mass is 16.6. The molecule has 0 spiro atoms. The quantitative estimate of drug-likeness (QED) is 0.473. The van der Waals surface area contributed by atoms with E-state index in [1.165, 1.54) is 7.11 Å². The average molecular weight is 426 g/mol.